The molecule has 1 atom stereocenters. The van der Waals surface area contributed by atoms with Gasteiger partial charge in [0.15, 0.2) is 0 Å². The number of piperidine rings is 3. The van der Waals surface area contributed by atoms with Crippen LogP contribution in [-0.2, 0) is 31.8 Å². The molecule has 6 aliphatic heterocycles. The van der Waals surface area contributed by atoms with Gasteiger partial charge in [-0.15, -0.1) is 0 Å². The Morgan fingerprint density at radius 2 is 1.70 bits per heavy atom. The van der Waals surface area contributed by atoms with Crippen LogP contribution in [0.3, 0.4) is 0 Å². The first-order valence-corrected chi connectivity index (χ1v) is 22.8. The molecule has 316 valence electrons. The van der Waals surface area contributed by atoms with Gasteiger partial charge in [0.05, 0.1) is 40.2 Å². The van der Waals surface area contributed by atoms with Crippen LogP contribution in [0.4, 0.5) is 0 Å². The zero-order valence-corrected chi connectivity index (χ0v) is 35.2. The van der Waals surface area contributed by atoms with Crippen molar-refractivity contribution in [3.8, 4) is 11.4 Å². The van der Waals surface area contributed by atoms with Crippen LogP contribution >= 0.6 is 11.6 Å². The molecule has 61 heavy (non-hydrogen) atoms. The van der Waals surface area contributed by atoms with Crippen molar-refractivity contribution >= 4 is 46.1 Å². The number of hydrogen-bond acceptors (Lipinski definition) is 8. The van der Waals surface area contributed by atoms with E-state index < -0.39 is 11.9 Å². The van der Waals surface area contributed by atoms with Crippen molar-refractivity contribution in [1.29, 1.82) is 0 Å². The van der Waals surface area contributed by atoms with Crippen LogP contribution < -0.4 is 15.6 Å². The topological polar surface area (TPSA) is 134 Å². The number of imide groups is 1. The Kier molecular flexibility index (Phi) is 9.41. The summed E-state index contributed by atoms with van der Waals surface area (Å²) in [7, 11) is 0. The van der Waals surface area contributed by atoms with E-state index in [-0.39, 0.29) is 40.5 Å². The standard InChI is InChI=1S/C48H51ClN6O6/c49-35-6-4-7-37-41(35)44(59)51-46-48(17-2-1-3-18-48)34-26-30(9-12-36(34)55(37)46)29-15-22-52(23-16-29)21-5-8-40(57)53-24-19-47(20-25-53)28-61-42-32-27-54(38-13-14-39(56)50-43(38)58)45(60)31(32)10-11-33(42)47/h4,6-7,9-12,26,29,38H,1-3,5,8,13-25,27-28H2,(H,50,56,58)/t38-/m0/s1. The highest BCUT2D eigenvalue weighted by Gasteiger charge is 2.49. The number of fused-ring (bicyclic) bond motifs is 11. The summed E-state index contributed by atoms with van der Waals surface area (Å²) in [5.74, 6) is 1.40. The molecular weight excluding hydrogens is 792 g/mol. The average molecular weight is 843 g/mol. The molecule has 4 amide bonds. The molecule has 12 nitrogen and oxygen atoms in total. The van der Waals surface area contributed by atoms with E-state index in [0.717, 1.165) is 111 Å². The molecule has 0 bridgehead atoms. The Hall–Kier alpha value is -5.07. The molecule has 0 radical (unpaired) electrons. The highest BCUT2D eigenvalue weighted by molar-refractivity contribution is 6.35. The second-order valence-corrected chi connectivity index (χ2v) is 19.1. The van der Waals surface area contributed by atoms with Crippen molar-refractivity contribution in [1.82, 2.24) is 29.6 Å². The van der Waals surface area contributed by atoms with Crippen molar-refractivity contribution in [3.63, 3.8) is 0 Å². The molecule has 11 rings (SSSR count). The quantitative estimate of drug-likeness (QED) is 0.225. The first-order valence-electron chi connectivity index (χ1n) is 22.4. The van der Waals surface area contributed by atoms with Crippen LogP contribution in [0.1, 0.15) is 128 Å². The predicted molar refractivity (Wildman–Crippen MR) is 229 cm³/mol. The maximum Gasteiger partial charge on any atom is 0.282 e. The molecule has 3 saturated heterocycles. The molecule has 2 spiro atoms. The third-order valence-electron chi connectivity index (χ3n) is 15.5. The highest BCUT2D eigenvalue weighted by Crippen LogP contribution is 2.53. The number of rotatable bonds is 6. The molecule has 4 aromatic rings. The van der Waals surface area contributed by atoms with E-state index in [4.69, 9.17) is 21.3 Å². The van der Waals surface area contributed by atoms with Gasteiger partial charge in [0.1, 0.15) is 17.6 Å². The van der Waals surface area contributed by atoms with E-state index in [0.29, 0.717) is 61.0 Å². The number of likely N-dealkylation sites (tertiary alicyclic amines) is 2. The number of nitrogens with zero attached hydrogens (tertiary/aromatic N) is 5. The molecule has 13 heteroatoms. The summed E-state index contributed by atoms with van der Waals surface area (Å²) in [6, 6.07) is 15.9. The molecule has 0 unspecified atom stereocenters. The molecular formula is C48H51ClN6O6. The summed E-state index contributed by atoms with van der Waals surface area (Å²) in [4.78, 5) is 75.5. The molecule has 7 heterocycles. The second kappa shape index (κ2) is 14.8. The third kappa shape index (κ3) is 6.17. The lowest BCUT2D eigenvalue weighted by Gasteiger charge is -2.38. The fourth-order valence-corrected chi connectivity index (χ4v) is 12.4. The number of carbonyl (C=O) groups excluding carboxylic acids is 4. The van der Waals surface area contributed by atoms with Gasteiger partial charge < -0.3 is 19.4 Å². The van der Waals surface area contributed by atoms with Crippen LogP contribution in [0, 0.1) is 0 Å². The SMILES string of the molecule is O=C1CC[C@H](N2Cc3c(ccc4c3OCC43CCN(C(=O)CCCN4CCC(c5ccc6c(c5)C5(CCCCC5)c5nc(=O)c7c(Cl)cccc7n5-6)CC4)CC3)C2=O)C(=O)N1. The first-order chi connectivity index (χ1) is 29.6. The lowest BCUT2D eigenvalue weighted by molar-refractivity contribution is -0.137. The summed E-state index contributed by atoms with van der Waals surface area (Å²) >= 11 is 6.56. The minimum Gasteiger partial charge on any atom is -0.492 e. The summed E-state index contributed by atoms with van der Waals surface area (Å²) in [6.07, 6.45) is 11.1. The van der Waals surface area contributed by atoms with Crippen molar-refractivity contribution < 1.29 is 23.9 Å². The Balaban J connectivity index is 0.694. The number of amides is 4. The van der Waals surface area contributed by atoms with Crippen LogP contribution in [0.25, 0.3) is 16.6 Å². The maximum absolute atomic E-state index is 13.5. The zero-order chi connectivity index (χ0) is 41.6. The highest BCUT2D eigenvalue weighted by atomic mass is 35.5. The van der Waals surface area contributed by atoms with E-state index in [1.807, 2.05) is 29.2 Å². The lowest BCUT2D eigenvalue weighted by Crippen LogP contribution is -2.52. The van der Waals surface area contributed by atoms with E-state index >= 15 is 0 Å². The number of aromatic nitrogens is 2. The van der Waals surface area contributed by atoms with Gasteiger partial charge in [-0.25, -0.2) is 0 Å². The van der Waals surface area contributed by atoms with Gasteiger partial charge in [0.25, 0.3) is 11.5 Å². The Labute approximate surface area is 359 Å². The molecule has 1 saturated carbocycles. The van der Waals surface area contributed by atoms with Crippen LogP contribution in [-0.4, -0.2) is 93.3 Å². The summed E-state index contributed by atoms with van der Waals surface area (Å²) in [6.45, 7) is 5.09. The second-order valence-electron chi connectivity index (χ2n) is 18.7. The fraction of sp³-hybridized carbons (Fsp3) is 0.500. The van der Waals surface area contributed by atoms with E-state index in [1.54, 1.807) is 11.0 Å². The van der Waals surface area contributed by atoms with E-state index in [1.165, 1.54) is 17.5 Å². The predicted octanol–water partition coefficient (Wildman–Crippen LogP) is 6.28. The normalized spacial score (nSPS) is 23.0. The fourth-order valence-electron chi connectivity index (χ4n) is 12.1. The van der Waals surface area contributed by atoms with Gasteiger partial charge >= 0.3 is 0 Å². The number of benzene rings is 3. The number of ether oxygens (including phenoxy) is 1. The average Bonchev–Trinajstić information content (AvgIpc) is 3.89. The number of hydrogen-bond donors (Lipinski definition) is 1. The Morgan fingerprint density at radius 1 is 0.902 bits per heavy atom. The van der Waals surface area contributed by atoms with Gasteiger partial charge in [-0.2, -0.15) is 4.98 Å². The van der Waals surface area contributed by atoms with Crippen molar-refractivity contribution in [2.24, 2.45) is 0 Å². The van der Waals surface area contributed by atoms with Crippen LogP contribution in [0.15, 0.2) is 53.3 Å². The maximum atomic E-state index is 13.5. The molecule has 1 aliphatic carbocycles. The monoisotopic (exact) mass is 842 g/mol. The third-order valence-corrected chi connectivity index (χ3v) is 15.8. The van der Waals surface area contributed by atoms with Gasteiger partial charge in [-0.3, -0.25) is 33.9 Å². The summed E-state index contributed by atoms with van der Waals surface area (Å²) in [5.41, 5.74) is 6.48. The molecule has 1 aromatic heterocycles. The van der Waals surface area contributed by atoms with Crippen molar-refractivity contribution in [3.05, 3.63) is 97.5 Å². The van der Waals surface area contributed by atoms with Gasteiger partial charge in [-0.1, -0.05) is 55.1 Å². The Morgan fingerprint density at radius 3 is 2.49 bits per heavy atom. The number of nitrogens with one attached hydrogen (secondary N) is 1. The van der Waals surface area contributed by atoms with Gasteiger partial charge in [0.2, 0.25) is 17.7 Å². The molecule has 7 aliphatic rings. The summed E-state index contributed by atoms with van der Waals surface area (Å²) in [5, 5.41) is 3.32. The zero-order valence-electron chi connectivity index (χ0n) is 34.5. The smallest absolute Gasteiger partial charge is 0.282 e. The number of carbonyl (C=O) groups is 4. The first kappa shape index (κ1) is 38.8. The van der Waals surface area contributed by atoms with Crippen LogP contribution in [0.5, 0.6) is 5.75 Å². The number of halogens is 1. The Bertz CT molecular complexity index is 2580. The van der Waals surface area contributed by atoms with Crippen molar-refractivity contribution in [2.75, 3.05) is 39.3 Å². The lowest BCUT2D eigenvalue weighted by atomic mass is 9.69. The molecule has 3 aromatic carbocycles. The van der Waals surface area contributed by atoms with Crippen LogP contribution in [0.2, 0.25) is 5.02 Å². The largest absolute Gasteiger partial charge is 0.492 e. The summed E-state index contributed by atoms with van der Waals surface area (Å²) < 4.78 is 8.57. The molecule has 4 fully saturated rings. The van der Waals surface area contributed by atoms with E-state index in [2.05, 4.69) is 33.0 Å². The minimum atomic E-state index is -0.662. The van der Waals surface area contributed by atoms with Gasteiger partial charge in [-0.05, 0) is 112 Å². The molecule has 1 N–H and O–H groups in total. The van der Waals surface area contributed by atoms with Crippen molar-refractivity contribution in [2.45, 2.75) is 113 Å². The van der Waals surface area contributed by atoms with E-state index in [9.17, 15) is 24.0 Å². The van der Waals surface area contributed by atoms with Gasteiger partial charge in [0, 0.05) is 48.0 Å². The minimum absolute atomic E-state index is 0.195.